The minimum Gasteiger partial charge on any atom is -0.497 e. The summed E-state index contributed by atoms with van der Waals surface area (Å²) in [5.74, 6) is 1.74. The predicted octanol–water partition coefficient (Wildman–Crippen LogP) is 1.62. The largest absolute Gasteiger partial charge is 0.497 e. The number of nitrogens with one attached hydrogen (secondary N) is 1. The third kappa shape index (κ3) is 5.89. The normalized spacial score (nSPS) is 10.7. The molecular weight excluding hydrogens is 228 g/mol. The Hall–Kier alpha value is -1.26. The van der Waals surface area contributed by atoms with Crippen molar-refractivity contribution in [3.63, 3.8) is 0 Å². The summed E-state index contributed by atoms with van der Waals surface area (Å²) in [7, 11) is 5.76. The van der Waals surface area contributed by atoms with Gasteiger partial charge in [0, 0.05) is 6.54 Å². The maximum Gasteiger partial charge on any atom is 0.119 e. The standard InChI is InChI=1S/C14H24N2O2/c1-15-9-4-10-16(2)11-12-18-14-7-5-13(17-3)6-8-14/h5-8,15H,4,9-12H2,1-3H3. The first-order chi connectivity index (χ1) is 8.76. The summed E-state index contributed by atoms with van der Waals surface area (Å²) in [4.78, 5) is 2.28. The van der Waals surface area contributed by atoms with Crippen molar-refractivity contribution in [2.75, 3.05) is 47.4 Å². The van der Waals surface area contributed by atoms with Crippen LogP contribution in [-0.4, -0.2) is 52.3 Å². The van der Waals surface area contributed by atoms with Crippen LogP contribution in [0.5, 0.6) is 11.5 Å². The van der Waals surface area contributed by atoms with Crippen LogP contribution in [0.3, 0.4) is 0 Å². The van der Waals surface area contributed by atoms with E-state index in [9.17, 15) is 0 Å². The molecule has 18 heavy (non-hydrogen) atoms. The van der Waals surface area contributed by atoms with E-state index in [2.05, 4.69) is 17.3 Å². The monoisotopic (exact) mass is 252 g/mol. The zero-order chi connectivity index (χ0) is 13.2. The molecule has 1 aromatic carbocycles. The highest BCUT2D eigenvalue weighted by atomic mass is 16.5. The second-order valence-corrected chi connectivity index (χ2v) is 4.28. The van der Waals surface area contributed by atoms with Crippen molar-refractivity contribution in [2.45, 2.75) is 6.42 Å². The molecule has 102 valence electrons. The number of rotatable bonds is 9. The summed E-state index contributed by atoms with van der Waals surface area (Å²) in [6, 6.07) is 7.68. The fourth-order valence-electron chi connectivity index (χ4n) is 1.63. The van der Waals surface area contributed by atoms with Gasteiger partial charge in [-0.3, -0.25) is 0 Å². The molecule has 0 bridgehead atoms. The Bertz CT molecular complexity index is 314. The van der Waals surface area contributed by atoms with Gasteiger partial charge in [0.05, 0.1) is 7.11 Å². The van der Waals surface area contributed by atoms with E-state index >= 15 is 0 Å². The number of nitrogens with zero attached hydrogens (tertiary/aromatic N) is 1. The van der Waals surface area contributed by atoms with Gasteiger partial charge >= 0.3 is 0 Å². The van der Waals surface area contributed by atoms with Crippen LogP contribution >= 0.6 is 0 Å². The topological polar surface area (TPSA) is 33.7 Å². The SMILES string of the molecule is CNCCCN(C)CCOc1ccc(OC)cc1. The molecule has 0 aromatic heterocycles. The number of likely N-dealkylation sites (N-methyl/N-ethyl adjacent to an activating group) is 1. The number of hydrogen-bond donors (Lipinski definition) is 1. The zero-order valence-corrected chi connectivity index (χ0v) is 11.6. The molecule has 1 aromatic rings. The highest BCUT2D eigenvalue weighted by Gasteiger charge is 1.99. The van der Waals surface area contributed by atoms with Crippen molar-refractivity contribution in [1.82, 2.24) is 10.2 Å². The molecule has 4 nitrogen and oxygen atoms in total. The molecular formula is C14H24N2O2. The van der Waals surface area contributed by atoms with Crippen LogP contribution < -0.4 is 14.8 Å². The van der Waals surface area contributed by atoms with E-state index in [1.807, 2.05) is 31.3 Å². The lowest BCUT2D eigenvalue weighted by molar-refractivity contribution is 0.235. The van der Waals surface area contributed by atoms with Gasteiger partial charge in [-0.2, -0.15) is 0 Å². The molecule has 0 fully saturated rings. The van der Waals surface area contributed by atoms with Crippen LogP contribution in [-0.2, 0) is 0 Å². The van der Waals surface area contributed by atoms with Crippen molar-refractivity contribution in [1.29, 1.82) is 0 Å². The van der Waals surface area contributed by atoms with Crippen LogP contribution in [0.2, 0.25) is 0 Å². The van der Waals surface area contributed by atoms with Crippen LogP contribution in [0, 0.1) is 0 Å². The molecule has 0 heterocycles. The van der Waals surface area contributed by atoms with E-state index < -0.39 is 0 Å². The Morgan fingerprint density at radius 3 is 2.39 bits per heavy atom. The molecule has 0 radical (unpaired) electrons. The summed E-state index contributed by atoms with van der Waals surface area (Å²) in [5.41, 5.74) is 0. The van der Waals surface area contributed by atoms with Crippen LogP contribution in [0.4, 0.5) is 0 Å². The average Bonchev–Trinajstić information content (AvgIpc) is 2.40. The molecule has 0 atom stereocenters. The lowest BCUT2D eigenvalue weighted by Gasteiger charge is -2.16. The van der Waals surface area contributed by atoms with Crippen LogP contribution in [0.25, 0.3) is 0 Å². The van der Waals surface area contributed by atoms with Crippen LogP contribution in [0.15, 0.2) is 24.3 Å². The van der Waals surface area contributed by atoms with Gasteiger partial charge in [-0.1, -0.05) is 0 Å². The third-order valence-electron chi connectivity index (χ3n) is 2.77. The molecule has 0 aliphatic carbocycles. The van der Waals surface area contributed by atoms with Crippen LogP contribution in [0.1, 0.15) is 6.42 Å². The van der Waals surface area contributed by atoms with Gasteiger partial charge in [-0.05, 0) is 57.9 Å². The summed E-state index contributed by atoms with van der Waals surface area (Å²) < 4.78 is 10.8. The van der Waals surface area contributed by atoms with Gasteiger partial charge in [0.25, 0.3) is 0 Å². The quantitative estimate of drug-likeness (QED) is 0.677. The smallest absolute Gasteiger partial charge is 0.119 e. The number of hydrogen-bond acceptors (Lipinski definition) is 4. The molecule has 0 unspecified atom stereocenters. The summed E-state index contributed by atoms with van der Waals surface area (Å²) in [6.07, 6.45) is 1.16. The molecule has 0 aliphatic heterocycles. The average molecular weight is 252 g/mol. The van der Waals surface area contributed by atoms with Gasteiger partial charge in [0.15, 0.2) is 0 Å². The second-order valence-electron chi connectivity index (χ2n) is 4.28. The molecule has 0 saturated heterocycles. The fraction of sp³-hybridized carbons (Fsp3) is 0.571. The van der Waals surface area contributed by atoms with Crippen molar-refractivity contribution in [3.05, 3.63) is 24.3 Å². The minimum absolute atomic E-state index is 0.711. The predicted molar refractivity (Wildman–Crippen MR) is 74.5 cm³/mol. The van der Waals surface area contributed by atoms with Gasteiger partial charge < -0.3 is 19.7 Å². The van der Waals surface area contributed by atoms with Crippen molar-refractivity contribution < 1.29 is 9.47 Å². The Morgan fingerprint density at radius 2 is 1.78 bits per heavy atom. The molecule has 0 amide bonds. The van der Waals surface area contributed by atoms with Gasteiger partial charge in [0.2, 0.25) is 0 Å². The number of benzene rings is 1. The van der Waals surface area contributed by atoms with E-state index in [1.54, 1.807) is 7.11 Å². The first kappa shape index (κ1) is 14.8. The van der Waals surface area contributed by atoms with Gasteiger partial charge in [-0.15, -0.1) is 0 Å². The highest BCUT2D eigenvalue weighted by Crippen LogP contribution is 2.16. The molecule has 1 rings (SSSR count). The molecule has 0 saturated carbocycles. The maximum absolute atomic E-state index is 5.67. The third-order valence-corrected chi connectivity index (χ3v) is 2.77. The second kappa shape index (κ2) is 8.78. The Labute approximate surface area is 110 Å². The van der Waals surface area contributed by atoms with Crippen molar-refractivity contribution in [2.24, 2.45) is 0 Å². The van der Waals surface area contributed by atoms with Crippen molar-refractivity contribution in [3.8, 4) is 11.5 Å². The van der Waals surface area contributed by atoms with E-state index in [0.717, 1.165) is 37.6 Å². The minimum atomic E-state index is 0.711. The van der Waals surface area contributed by atoms with E-state index in [0.29, 0.717) is 6.61 Å². The van der Waals surface area contributed by atoms with E-state index in [-0.39, 0.29) is 0 Å². The zero-order valence-electron chi connectivity index (χ0n) is 11.6. The van der Waals surface area contributed by atoms with E-state index in [4.69, 9.17) is 9.47 Å². The Kier molecular flexibility index (Phi) is 7.22. The summed E-state index contributed by atoms with van der Waals surface area (Å²) in [6.45, 7) is 3.80. The number of ether oxygens (including phenoxy) is 2. The number of methoxy groups -OCH3 is 1. The molecule has 1 N–H and O–H groups in total. The Morgan fingerprint density at radius 1 is 1.11 bits per heavy atom. The van der Waals surface area contributed by atoms with Crippen molar-refractivity contribution >= 4 is 0 Å². The molecule has 4 heteroatoms. The molecule has 0 aliphatic rings. The summed E-state index contributed by atoms with van der Waals surface area (Å²) >= 11 is 0. The first-order valence-electron chi connectivity index (χ1n) is 6.36. The van der Waals surface area contributed by atoms with E-state index in [1.165, 1.54) is 0 Å². The fourth-order valence-corrected chi connectivity index (χ4v) is 1.63. The Balaban J connectivity index is 2.16. The maximum atomic E-state index is 5.67. The lowest BCUT2D eigenvalue weighted by atomic mass is 10.3. The highest BCUT2D eigenvalue weighted by molar-refractivity contribution is 5.31. The van der Waals surface area contributed by atoms with Gasteiger partial charge in [0.1, 0.15) is 18.1 Å². The molecule has 0 spiro atoms. The van der Waals surface area contributed by atoms with Gasteiger partial charge in [-0.25, -0.2) is 0 Å². The first-order valence-corrected chi connectivity index (χ1v) is 6.36. The summed E-state index contributed by atoms with van der Waals surface area (Å²) in [5, 5.41) is 3.15. The lowest BCUT2D eigenvalue weighted by Crippen LogP contribution is -2.27.